The fourth-order valence-electron chi connectivity index (χ4n) is 2.14. The lowest BCUT2D eigenvalue weighted by molar-refractivity contribution is 0.433. The summed E-state index contributed by atoms with van der Waals surface area (Å²) in [5, 5.41) is 5.16. The van der Waals surface area contributed by atoms with Gasteiger partial charge in [0.15, 0.2) is 0 Å². The lowest BCUT2D eigenvalue weighted by Gasteiger charge is -2.13. The van der Waals surface area contributed by atoms with Gasteiger partial charge in [-0.05, 0) is 12.5 Å². The molecule has 0 aliphatic heterocycles. The SMILES string of the molecule is Cc1nc(C(C)(C)C)sc1-c1nc(-c2ccc(CN)cc2)no1. The second-order valence-corrected chi connectivity index (χ2v) is 7.51. The monoisotopic (exact) mass is 328 g/mol. The minimum absolute atomic E-state index is 0.00851. The Morgan fingerprint density at radius 1 is 1.13 bits per heavy atom. The van der Waals surface area contributed by atoms with E-state index in [2.05, 4.69) is 35.9 Å². The van der Waals surface area contributed by atoms with Gasteiger partial charge in [0.1, 0.15) is 4.88 Å². The van der Waals surface area contributed by atoms with Crippen molar-refractivity contribution in [2.24, 2.45) is 5.73 Å². The number of benzene rings is 1. The number of nitrogens with zero attached hydrogens (tertiary/aromatic N) is 3. The molecule has 0 saturated heterocycles. The second-order valence-electron chi connectivity index (χ2n) is 6.51. The predicted octanol–water partition coefficient (Wildman–Crippen LogP) is 3.92. The van der Waals surface area contributed by atoms with E-state index in [1.54, 1.807) is 11.3 Å². The molecule has 0 unspecified atom stereocenters. The Kier molecular flexibility index (Phi) is 4.04. The van der Waals surface area contributed by atoms with Gasteiger partial charge in [0.25, 0.3) is 5.89 Å². The van der Waals surface area contributed by atoms with E-state index in [1.807, 2.05) is 31.2 Å². The Labute approximate surface area is 139 Å². The average molecular weight is 328 g/mol. The first-order valence-electron chi connectivity index (χ1n) is 7.50. The molecule has 0 spiro atoms. The van der Waals surface area contributed by atoms with Gasteiger partial charge in [-0.3, -0.25) is 0 Å². The largest absolute Gasteiger partial charge is 0.333 e. The van der Waals surface area contributed by atoms with Crippen LogP contribution in [0.1, 0.15) is 37.0 Å². The average Bonchev–Trinajstić information content (AvgIpc) is 3.13. The molecule has 0 fully saturated rings. The van der Waals surface area contributed by atoms with Gasteiger partial charge >= 0.3 is 0 Å². The maximum absolute atomic E-state index is 5.62. The molecule has 3 aromatic rings. The molecule has 0 amide bonds. The van der Waals surface area contributed by atoms with E-state index in [-0.39, 0.29) is 5.41 Å². The topological polar surface area (TPSA) is 77.8 Å². The molecule has 0 radical (unpaired) electrons. The molecule has 1 aromatic carbocycles. The van der Waals surface area contributed by atoms with E-state index in [0.717, 1.165) is 26.7 Å². The van der Waals surface area contributed by atoms with Gasteiger partial charge in [0, 0.05) is 17.5 Å². The van der Waals surface area contributed by atoms with E-state index in [9.17, 15) is 0 Å². The Hall–Kier alpha value is -2.05. The van der Waals surface area contributed by atoms with Crippen molar-refractivity contribution >= 4 is 11.3 Å². The number of hydrogen-bond donors (Lipinski definition) is 1. The predicted molar refractivity (Wildman–Crippen MR) is 92.2 cm³/mol. The number of nitrogens with two attached hydrogens (primary N) is 1. The standard InChI is InChI=1S/C17H20N4OS/c1-10-13(23-16(19-10)17(2,3)4)15-20-14(21-22-15)12-7-5-11(9-18)6-8-12/h5-8H,9,18H2,1-4H3. The van der Waals surface area contributed by atoms with Crippen LogP contribution in [0.2, 0.25) is 0 Å². The van der Waals surface area contributed by atoms with E-state index in [1.165, 1.54) is 0 Å². The number of hydrogen-bond acceptors (Lipinski definition) is 6. The molecule has 3 rings (SSSR count). The highest BCUT2D eigenvalue weighted by Gasteiger charge is 2.23. The molecule has 0 aliphatic carbocycles. The summed E-state index contributed by atoms with van der Waals surface area (Å²) in [6.07, 6.45) is 0. The van der Waals surface area contributed by atoms with E-state index < -0.39 is 0 Å². The molecule has 6 heteroatoms. The van der Waals surface area contributed by atoms with Crippen LogP contribution in [-0.4, -0.2) is 15.1 Å². The van der Waals surface area contributed by atoms with Crippen LogP contribution in [0, 0.1) is 6.92 Å². The zero-order valence-corrected chi connectivity index (χ0v) is 14.6. The summed E-state index contributed by atoms with van der Waals surface area (Å²) in [4.78, 5) is 10.1. The van der Waals surface area contributed by atoms with E-state index in [0.29, 0.717) is 18.3 Å². The van der Waals surface area contributed by atoms with Crippen LogP contribution in [0.3, 0.4) is 0 Å². The van der Waals surface area contributed by atoms with Crippen molar-refractivity contribution in [2.75, 3.05) is 0 Å². The number of rotatable bonds is 3. The van der Waals surface area contributed by atoms with Gasteiger partial charge < -0.3 is 10.3 Å². The van der Waals surface area contributed by atoms with Crippen molar-refractivity contribution in [3.05, 3.63) is 40.5 Å². The summed E-state index contributed by atoms with van der Waals surface area (Å²) in [5.74, 6) is 1.10. The van der Waals surface area contributed by atoms with Crippen LogP contribution in [0.5, 0.6) is 0 Å². The van der Waals surface area contributed by atoms with E-state index in [4.69, 9.17) is 10.3 Å². The highest BCUT2D eigenvalue weighted by molar-refractivity contribution is 7.15. The quantitative estimate of drug-likeness (QED) is 0.788. The summed E-state index contributed by atoms with van der Waals surface area (Å²) in [6.45, 7) is 8.93. The molecule has 2 heterocycles. The Bertz CT molecular complexity index is 812. The molecule has 120 valence electrons. The van der Waals surface area contributed by atoms with Gasteiger partial charge in [-0.25, -0.2) is 4.98 Å². The summed E-state index contributed by atoms with van der Waals surface area (Å²) < 4.78 is 5.45. The number of thiazole rings is 1. The van der Waals surface area contributed by atoms with Crippen LogP contribution in [0.25, 0.3) is 22.2 Å². The molecular formula is C17H20N4OS. The van der Waals surface area contributed by atoms with Crippen LogP contribution >= 0.6 is 11.3 Å². The zero-order chi connectivity index (χ0) is 16.6. The molecule has 0 saturated carbocycles. The van der Waals surface area contributed by atoms with Crippen LogP contribution in [-0.2, 0) is 12.0 Å². The van der Waals surface area contributed by atoms with Crippen molar-refractivity contribution in [2.45, 2.75) is 39.7 Å². The van der Waals surface area contributed by atoms with Gasteiger partial charge in [0.05, 0.1) is 10.7 Å². The summed E-state index contributed by atoms with van der Waals surface area (Å²) in [6, 6.07) is 7.86. The number of aryl methyl sites for hydroxylation is 1. The van der Waals surface area contributed by atoms with Crippen molar-refractivity contribution in [1.82, 2.24) is 15.1 Å². The smallest absolute Gasteiger partial charge is 0.270 e. The molecule has 0 bridgehead atoms. The maximum atomic E-state index is 5.62. The van der Waals surface area contributed by atoms with Crippen molar-refractivity contribution in [3.8, 4) is 22.2 Å². The van der Waals surface area contributed by atoms with Gasteiger partial charge in [-0.2, -0.15) is 4.98 Å². The third-order valence-corrected chi connectivity index (χ3v) is 5.08. The van der Waals surface area contributed by atoms with Crippen molar-refractivity contribution in [3.63, 3.8) is 0 Å². The lowest BCUT2D eigenvalue weighted by Crippen LogP contribution is -2.10. The first-order valence-corrected chi connectivity index (χ1v) is 8.31. The normalized spacial score (nSPS) is 11.9. The molecule has 2 aromatic heterocycles. The molecule has 2 N–H and O–H groups in total. The fraction of sp³-hybridized carbons (Fsp3) is 0.353. The summed E-state index contributed by atoms with van der Waals surface area (Å²) in [5.41, 5.74) is 8.54. The summed E-state index contributed by atoms with van der Waals surface area (Å²) >= 11 is 1.61. The molecule has 0 aliphatic rings. The third-order valence-electron chi connectivity index (χ3n) is 3.51. The molecular weight excluding hydrogens is 308 g/mol. The Balaban J connectivity index is 1.94. The third kappa shape index (κ3) is 3.18. The Morgan fingerprint density at radius 3 is 2.39 bits per heavy atom. The number of aromatic nitrogens is 3. The zero-order valence-electron chi connectivity index (χ0n) is 13.8. The van der Waals surface area contributed by atoms with Gasteiger partial charge in [-0.1, -0.05) is 50.2 Å². The maximum Gasteiger partial charge on any atom is 0.270 e. The fourth-order valence-corrected chi connectivity index (χ4v) is 3.18. The Morgan fingerprint density at radius 2 is 1.83 bits per heavy atom. The molecule has 23 heavy (non-hydrogen) atoms. The minimum Gasteiger partial charge on any atom is -0.333 e. The second kappa shape index (κ2) is 5.86. The lowest BCUT2D eigenvalue weighted by atomic mass is 9.98. The van der Waals surface area contributed by atoms with Crippen LogP contribution in [0.15, 0.2) is 28.8 Å². The highest BCUT2D eigenvalue weighted by atomic mass is 32.1. The van der Waals surface area contributed by atoms with Crippen molar-refractivity contribution in [1.29, 1.82) is 0 Å². The van der Waals surface area contributed by atoms with Gasteiger partial charge in [0.2, 0.25) is 5.82 Å². The van der Waals surface area contributed by atoms with Gasteiger partial charge in [-0.15, -0.1) is 11.3 Å². The van der Waals surface area contributed by atoms with Crippen LogP contribution in [0.4, 0.5) is 0 Å². The summed E-state index contributed by atoms with van der Waals surface area (Å²) in [7, 11) is 0. The van der Waals surface area contributed by atoms with Crippen molar-refractivity contribution < 1.29 is 4.52 Å². The van der Waals surface area contributed by atoms with E-state index >= 15 is 0 Å². The molecule has 5 nitrogen and oxygen atoms in total. The minimum atomic E-state index is 0.00851. The first-order chi connectivity index (χ1) is 10.9. The first kappa shape index (κ1) is 15.8. The van der Waals surface area contributed by atoms with Crippen LogP contribution < -0.4 is 5.73 Å². The molecule has 0 atom stereocenters. The highest BCUT2D eigenvalue weighted by Crippen LogP contribution is 2.35.